The summed E-state index contributed by atoms with van der Waals surface area (Å²) in [6.07, 6.45) is 0.443. The van der Waals surface area contributed by atoms with Crippen LogP contribution in [0.3, 0.4) is 0 Å². The Morgan fingerprint density at radius 2 is 1.87 bits per heavy atom. The highest BCUT2D eigenvalue weighted by Crippen LogP contribution is 2.42. The van der Waals surface area contributed by atoms with Gasteiger partial charge in [0.25, 0.3) is 0 Å². The zero-order chi connectivity index (χ0) is 11.6. The molecular weight excluding hydrogens is 394 g/mol. The molecule has 0 amide bonds. The highest BCUT2D eigenvalue weighted by Gasteiger charge is 2.18. The number of aromatic hydroxyl groups is 1. The van der Waals surface area contributed by atoms with Crippen molar-refractivity contribution in [3.63, 3.8) is 0 Å². The van der Waals surface area contributed by atoms with Crippen molar-refractivity contribution in [2.24, 2.45) is 5.73 Å². The lowest BCUT2D eigenvalue weighted by molar-refractivity contribution is 0.276. The molecule has 0 aliphatic heterocycles. The average Bonchev–Trinajstić information content (AvgIpc) is 2.15. The first-order valence-corrected chi connectivity index (χ1v) is 6.59. The summed E-state index contributed by atoms with van der Waals surface area (Å²) >= 11 is 9.87. The van der Waals surface area contributed by atoms with E-state index >= 15 is 0 Å². The molecular formula is C9H10Br3NO2. The second-order valence-electron chi connectivity index (χ2n) is 3.04. The van der Waals surface area contributed by atoms with Crippen molar-refractivity contribution >= 4 is 47.8 Å². The van der Waals surface area contributed by atoms with E-state index in [-0.39, 0.29) is 18.4 Å². The zero-order valence-corrected chi connectivity index (χ0v) is 12.4. The van der Waals surface area contributed by atoms with Crippen LogP contribution in [0.5, 0.6) is 5.75 Å². The van der Waals surface area contributed by atoms with Crippen LogP contribution in [-0.4, -0.2) is 16.8 Å². The van der Waals surface area contributed by atoms with Gasteiger partial charge in [-0.1, -0.05) is 15.9 Å². The normalized spacial score (nSPS) is 12.9. The molecule has 0 heterocycles. The smallest absolute Gasteiger partial charge is 0.144 e. The van der Waals surface area contributed by atoms with Gasteiger partial charge in [0.05, 0.1) is 8.95 Å². The first-order chi connectivity index (χ1) is 6.99. The summed E-state index contributed by atoms with van der Waals surface area (Å²) in [6.45, 7) is 0.0108. The average molecular weight is 404 g/mol. The van der Waals surface area contributed by atoms with Crippen LogP contribution in [0.2, 0.25) is 0 Å². The van der Waals surface area contributed by atoms with Crippen LogP contribution in [0.15, 0.2) is 19.5 Å². The number of hydrogen-bond donors (Lipinski definition) is 3. The summed E-state index contributed by atoms with van der Waals surface area (Å²) in [5, 5.41) is 18.5. The third-order valence-corrected chi connectivity index (χ3v) is 4.06. The molecule has 1 atom stereocenters. The number of halogens is 3. The van der Waals surface area contributed by atoms with E-state index in [4.69, 9.17) is 10.8 Å². The summed E-state index contributed by atoms with van der Waals surface area (Å²) in [4.78, 5) is 0. The van der Waals surface area contributed by atoms with Crippen LogP contribution in [0.1, 0.15) is 18.0 Å². The summed E-state index contributed by atoms with van der Waals surface area (Å²) in [5.41, 5.74) is 6.63. The fraction of sp³-hybridized carbons (Fsp3) is 0.333. The summed E-state index contributed by atoms with van der Waals surface area (Å²) in [7, 11) is 0. The van der Waals surface area contributed by atoms with E-state index in [9.17, 15) is 5.11 Å². The molecule has 0 fully saturated rings. The Labute approximate surface area is 113 Å². The van der Waals surface area contributed by atoms with Crippen molar-refractivity contribution in [1.29, 1.82) is 0 Å². The third-order valence-electron chi connectivity index (χ3n) is 1.99. The number of phenols is 1. The minimum atomic E-state index is -0.322. The van der Waals surface area contributed by atoms with Crippen LogP contribution in [0.4, 0.5) is 0 Å². The van der Waals surface area contributed by atoms with Crippen molar-refractivity contribution in [3.8, 4) is 5.75 Å². The van der Waals surface area contributed by atoms with Crippen LogP contribution < -0.4 is 5.73 Å². The molecule has 84 valence electrons. The maximum atomic E-state index is 9.70. The molecule has 1 aromatic carbocycles. The molecule has 1 aromatic rings. The summed E-state index contributed by atoms with van der Waals surface area (Å²) in [5.74, 6) is 0.113. The van der Waals surface area contributed by atoms with E-state index in [1.807, 2.05) is 0 Å². The Balaban J connectivity index is 3.23. The third kappa shape index (κ3) is 2.94. The number of nitrogens with two attached hydrogens (primary N) is 1. The van der Waals surface area contributed by atoms with E-state index < -0.39 is 0 Å². The first kappa shape index (κ1) is 13.4. The Kier molecular flexibility index (Phi) is 5.05. The SMILES string of the molecule is N[C@@H](CCO)c1c(Br)cc(Br)c(O)c1Br. The second-order valence-corrected chi connectivity index (χ2v) is 5.54. The molecule has 3 nitrogen and oxygen atoms in total. The quantitative estimate of drug-likeness (QED) is 0.726. The minimum absolute atomic E-state index is 0.0108. The van der Waals surface area contributed by atoms with E-state index in [0.717, 1.165) is 10.0 Å². The molecule has 0 radical (unpaired) electrons. The number of phenolic OH excluding ortho intramolecular Hbond substituents is 1. The molecule has 0 saturated heterocycles. The lowest BCUT2D eigenvalue weighted by Crippen LogP contribution is -2.13. The molecule has 15 heavy (non-hydrogen) atoms. The predicted octanol–water partition coefficient (Wildman–Crippen LogP) is 3.06. The zero-order valence-electron chi connectivity index (χ0n) is 7.67. The van der Waals surface area contributed by atoms with Crippen molar-refractivity contribution in [2.45, 2.75) is 12.5 Å². The standard InChI is InChI=1S/C9H10Br3NO2/c10-4-3-5(11)9(15)8(12)7(4)6(13)1-2-14/h3,6,14-15H,1-2,13H2/t6-/m0/s1. The minimum Gasteiger partial charge on any atom is -0.506 e. The van der Waals surface area contributed by atoms with E-state index in [2.05, 4.69) is 47.8 Å². The Hall–Kier alpha value is 0.380. The van der Waals surface area contributed by atoms with Crippen LogP contribution in [-0.2, 0) is 0 Å². The van der Waals surface area contributed by atoms with Crippen molar-refractivity contribution in [1.82, 2.24) is 0 Å². The lowest BCUT2D eigenvalue weighted by atomic mass is 10.0. The van der Waals surface area contributed by atoms with Crippen LogP contribution in [0.25, 0.3) is 0 Å². The molecule has 4 N–H and O–H groups in total. The predicted molar refractivity (Wildman–Crippen MR) is 69.8 cm³/mol. The lowest BCUT2D eigenvalue weighted by Gasteiger charge is -2.16. The maximum Gasteiger partial charge on any atom is 0.144 e. The fourth-order valence-corrected chi connectivity index (χ4v) is 3.93. The topological polar surface area (TPSA) is 66.5 Å². The summed E-state index contributed by atoms with van der Waals surface area (Å²) < 4.78 is 1.92. The molecule has 0 aromatic heterocycles. The van der Waals surface area contributed by atoms with E-state index in [1.165, 1.54) is 0 Å². The highest BCUT2D eigenvalue weighted by molar-refractivity contribution is 9.11. The molecule has 6 heteroatoms. The van der Waals surface area contributed by atoms with Gasteiger partial charge in [0.15, 0.2) is 0 Å². The van der Waals surface area contributed by atoms with Crippen molar-refractivity contribution in [2.75, 3.05) is 6.61 Å². The van der Waals surface area contributed by atoms with Gasteiger partial charge in [0, 0.05) is 22.7 Å². The molecule has 1 rings (SSSR count). The first-order valence-electron chi connectivity index (χ1n) is 4.21. The van der Waals surface area contributed by atoms with Gasteiger partial charge >= 0.3 is 0 Å². The Morgan fingerprint density at radius 1 is 1.27 bits per heavy atom. The highest BCUT2D eigenvalue weighted by atomic mass is 79.9. The second kappa shape index (κ2) is 5.63. The van der Waals surface area contributed by atoms with Crippen molar-refractivity contribution in [3.05, 3.63) is 25.0 Å². The molecule has 0 bridgehead atoms. The summed E-state index contributed by atoms with van der Waals surface area (Å²) in [6, 6.07) is 1.41. The maximum absolute atomic E-state index is 9.70. The van der Waals surface area contributed by atoms with E-state index in [0.29, 0.717) is 15.4 Å². The largest absolute Gasteiger partial charge is 0.506 e. The Morgan fingerprint density at radius 3 is 2.40 bits per heavy atom. The monoisotopic (exact) mass is 401 g/mol. The van der Waals surface area contributed by atoms with Gasteiger partial charge in [-0.2, -0.15) is 0 Å². The van der Waals surface area contributed by atoms with Gasteiger partial charge in [-0.05, 0) is 44.3 Å². The molecule has 0 saturated carbocycles. The van der Waals surface area contributed by atoms with E-state index in [1.54, 1.807) is 6.07 Å². The number of hydrogen-bond acceptors (Lipinski definition) is 3. The van der Waals surface area contributed by atoms with Crippen LogP contribution >= 0.6 is 47.8 Å². The molecule has 0 aliphatic carbocycles. The van der Waals surface area contributed by atoms with Gasteiger partial charge in [0.2, 0.25) is 0 Å². The van der Waals surface area contributed by atoms with Crippen molar-refractivity contribution < 1.29 is 10.2 Å². The van der Waals surface area contributed by atoms with Crippen LogP contribution in [0, 0.1) is 0 Å². The molecule has 0 unspecified atom stereocenters. The van der Waals surface area contributed by atoms with Gasteiger partial charge in [-0.15, -0.1) is 0 Å². The molecule has 0 aliphatic rings. The van der Waals surface area contributed by atoms with Gasteiger partial charge < -0.3 is 15.9 Å². The number of aliphatic hydroxyl groups excluding tert-OH is 1. The van der Waals surface area contributed by atoms with Gasteiger partial charge in [-0.25, -0.2) is 0 Å². The number of rotatable bonds is 3. The number of benzene rings is 1. The van der Waals surface area contributed by atoms with Gasteiger partial charge in [0.1, 0.15) is 5.75 Å². The number of aliphatic hydroxyl groups is 1. The Bertz CT molecular complexity index is 371. The molecule has 0 spiro atoms. The van der Waals surface area contributed by atoms with Gasteiger partial charge in [-0.3, -0.25) is 0 Å². The fourth-order valence-electron chi connectivity index (χ4n) is 1.22.